The van der Waals surface area contributed by atoms with Crippen molar-refractivity contribution in [3.63, 3.8) is 0 Å². The van der Waals surface area contributed by atoms with E-state index < -0.39 is 23.9 Å². The molecule has 1 amide bonds. The van der Waals surface area contributed by atoms with E-state index in [0.29, 0.717) is 25.8 Å². The van der Waals surface area contributed by atoms with E-state index in [0.717, 1.165) is 11.8 Å². The molecule has 1 rings (SSSR count). The lowest BCUT2D eigenvalue weighted by Crippen LogP contribution is -2.44. The lowest BCUT2D eigenvalue weighted by molar-refractivity contribution is -0.198. The molecular weight excluding hydrogens is 335 g/mol. The highest BCUT2D eigenvalue weighted by molar-refractivity contribution is 9.09. The second kappa shape index (κ2) is 7.14. The Hall–Kier alpha value is -0.260. The molecule has 0 saturated heterocycles. The van der Waals surface area contributed by atoms with E-state index >= 15 is 0 Å². The minimum atomic E-state index is -4.27. The van der Waals surface area contributed by atoms with Crippen molar-refractivity contribution in [2.45, 2.75) is 52.1 Å². The largest absolute Gasteiger partial charge is 0.392 e. The van der Waals surface area contributed by atoms with E-state index in [2.05, 4.69) is 21.2 Å². The van der Waals surface area contributed by atoms with Gasteiger partial charge in [-0.05, 0) is 24.7 Å². The zero-order valence-corrected chi connectivity index (χ0v) is 13.6. The summed E-state index contributed by atoms with van der Waals surface area (Å²) < 4.78 is 38.9. The molecule has 1 aliphatic rings. The molecule has 0 aromatic rings. The highest BCUT2D eigenvalue weighted by Crippen LogP contribution is 2.41. The molecule has 1 fully saturated rings. The third kappa shape index (κ3) is 5.26. The van der Waals surface area contributed by atoms with Gasteiger partial charge in [0.05, 0.1) is 5.92 Å². The molecule has 118 valence electrons. The molecule has 6 heteroatoms. The van der Waals surface area contributed by atoms with Gasteiger partial charge in [0, 0.05) is 17.8 Å². The van der Waals surface area contributed by atoms with Gasteiger partial charge >= 0.3 is 6.18 Å². The van der Waals surface area contributed by atoms with Crippen LogP contribution in [0.3, 0.4) is 0 Å². The van der Waals surface area contributed by atoms with E-state index in [4.69, 9.17) is 0 Å². The number of nitrogens with one attached hydrogen (secondary N) is 1. The third-order valence-electron chi connectivity index (χ3n) is 4.04. The molecule has 0 aromatic heterocycles. The van der Waals surface area contributed by atoms with E-state index in [1.54, 1.807) is 0 Å². The van der Waals surface area contributed by atoms with E-state index in [9.17, 15) is 18.0 Å². The molecule has 0 aromatic carbocycles. The van der Waals surface area contributed by atoms with Gasteiger partial charge in [-0.1, -0.05) is 42.6 Å². The van der Waals surface area contributed by atoms with Crippen molar-refractivity contribution < 1.29 is 18.0 Å². The molecule has 0 bridgehead atoms. The summed E-state index contributed by atoms with van der Waals surface area (Å²) >= 11 is 3.34. The standard InChI is InChI=1S/C14H23BrF3NO/c1-13(2,7-8-15)9-19-12(20)10-5-3-4-6-11(10)14(16,17)18/h10-11H,3-9H2,1-2H3,(H,19,20). The Morgan fingerprint density at radius 3 is 2.40 bits per heavy atom. The van der Waals surface area contributed by atoms with Gasteiger partial charge in [0.25, 0.3) is 0 Å². The molecule has 2 atom stereocenters. The van der Waals surface area contributed by atoms with Crippen LogP contribution in [0.5, 0.6) is 0 Å². The Labute approximate surface area is 127 Å². The summed E-state index contributed by atoms with van der Waals surface area (Å²) in [6.45, 7) is 4.41. The monoisotopic (exact) mass is 357 g/mol. The van der Waals surface area contributed by atoms with Crippen LogP contribution in [0.25, 0.3) is 0 Å². The van der Waals surface area contributed by atoms with E-state index in [-0.39, 0.29) is 11.8 Å². The second-order valence-electron chi connectivity index (χ2n) is 6.36. The number of amides is 1. The van der Waals surface area contributed by atoms with Gasteiger partial charge in [-0.3, -0.25) is 4.79 Å². The fourth-order valence-corrected chi connectivity index (χ4v) is 3.71. The van der Waals surface area contributed by atoms with Crippen LogP contribution in [-0.4, -0.2) is 24.0 Å². The zero-order chi connectivity index (χ0) is 15.4. The van der Waals surface area contributed by atoms with Gasteiger partial charge < -0.3 is 5.32 Å². The maximum Gasteiger partial charge on any atom is 0.392 e. The number of hydrogen-bond donors (Lipinski definition) is 1. The van der Waals surface area contributed by atoms with Gasteiger partial charge in [-0.25, -0.2) is 0 Å². The van der Waals surface area contributed by atoms with E-state index in [1.165, 1.54) is 0 Å². The number of halogens is 4. The van der Waals surface area contributed by atoms with Gasteiger partial charge in [0.15, 0.2) is 0 Å². The molecule has 1 aliphatic carbocycles. The lowest BCUT2D eigenvalue weighted by Gasteiger charge is -2.33. The number of carbonyl (C=O) groups is 1. The van der Waals surface area contributed by atoms with Crippen molar-refractivity contribution in [2.75, 3.05) is 11.9 Å². The number of rotatable bonds is 5. The predicted octanol–water partition coefficient (Wildman–Crippen LogP) is 4.28. The Balaban J connectivity index is 2.60. The summed E-state index contributed by atoms with van der Waals surface area (Å²) in [5.41, 5.74) is -0.110. The summed E-state index contributed by atoms with van der Waals surface area (Å²) in [5.74, 6) is -2.83. The van der Waals surface area contributed by atoms with Crippen LogP contribution in [0.1, 0.15) is 46.0 Å². The maximum atomic E-state index is 13.0. The zero-order valence-electron chi connectivity index (χ0n) is 12.0. The average molecular weight is 358 g/mol. The summed E-state index contributed by atoms with van der Waals surface area (Å²) in [5, 5.41) is 3.53. The summed E-state index contributed by atoms with van der Waals surface area (Å²) in [7, 11) is 0. The molecule has 1 saturated carbocycles. The Morgan fingerprint density at radius 1 is 1.25 bits per heavy atom. The number of alkyl halides is 4. The molecular formula is C14H23BrF3NO. The van der Waals surface area contributed by atoms with E-state index in [1.807, 2.05) is 13.8 Å². The van der Waals surface area contributed by atoms with Crippen LogP contribution in [-0.2, 0) is 4.79 Å². The minimum absolute atomic E-state index is 0.0758. The van der Waals surface area contributed by atoms with Crippen LogP contribution < -0.4 is 5.32 Å². The quantitative estimate of drug-likeness (QED) is 0.731. The molecule has 1 N–H and O–H groups in total. The van der Waals surface area contributed by atoms with Gasteiger partial charge in [-0.2, -0.15) is 13.2 Å². The normalized spacial score (nSPS) is 24.5. The first-order chi connectivity index (χ1) is 9.17. The fourth-order valence-electron chi connectivity index (χ4n) is 2.64. The van der Waals surface area contributed by atoms with Crippen molar-refractivity contribution in [3.8, 4) is 0 Å². The third-order valence-corrected chi connectivity index (χ3v) is 4.43. The van der Waals surface area contributed by atoms with Crippen molar-refractivity contribution in [3.05, 3.63) is 0 Å². The number of hydrogen-bond acceptors (Lipinski definition) is 1. The topological polar surface area (TPSA) is 29.1 Å². The van der Waals surface area contributed by atoms with Crippen molar-refractivity contribution in [1.29, 1.82) is 0 Å². The second-order valence-corrected chi connectivity index (χ2v) is 7.15. The average Bonchev–Trinajstić information content (AvgIpc) is 2.35. The Kier molecular flexibility index (Phi) is 6.35. The van der Waals surface area contributed by atoms with Crippen LogP contribution >= 0.6 is 15.9 Å². The summed E-state index contributed by atoms with van der Waals surface area (Å²) in [6.07, 6.45) is -1.73. The van der Waals surface area contributed by atoms with Gasteiger partial charge in [0.1, 0.15) is 0 Å². The van der Waals surface area contributed by atoms with Crippen LogP contribution in [0.15, 0.2) is 0 Å². The predicted molar refractivity (Wildman–Crippen MR) is 76.7 cm³/mol. The Bertz CT molecular complexity index is 331. The van der Waals surface area contributed by atoms with Gasteiger partial charge in [-0.15, -0.1) is 0 Å². The first kappa shape index (κ1) is 17.8. The molecule has 0 heterocycles. The molecule has 0 aliphatic heterocycles. The molecule has 2 unspecified atom stereocenters. The van der Waals surface area contributed by atoms with Gasteiger partial charge in [0.2, 0.25) is 5.91 Å². The first-order valence-electron chi connectivity index (χ1n) is 7.08. The summed E-state index contributed by atoms with van der Waals surface area (Å²) in [4.78, 5) is 12.1. The SMILES string of the molecule is CC(C)(CCBr)CNC(=O)C1CCCCC1C(F)(F)F. The fraction of sp³-hybridized carbons (Fsp3) is 0.929. The molecule has 20 heavy (non-hydrogen) atoms. The summed E-state index contributed by atoms with van der Waals surface area (Å²) in [6, 6.07) is 0. The first-order valence-corrected chi connectivity index (χ1v) is 8.20. The maximum absolute atomic E-state index is 13.0. The molecule has 2 nitrogen and oxygen atoms in total. The van der Waals surface area contributed by atoms with Crippen LogP contribution in [0.2, 0.25) is 0 Å². The van der Waals surface area contributed by atoms with Crippen LogP contribution in [0.4, 0.5) is 13.2 Å². The smallest absolute Gasteiger partial charge is 0.355 e. The van der Waals surface area contributed by atoms with Crippen LogP contribution in [0, 0.1) is 17.3 Å². The highest BCUT2D eigenvalue weighted by atomic mass is 79.9. The van der Waals surface area contributed by atoms with Crippen molar-refractivity contribution in [2.24, 2.45) is 17.3 Å². The van der Waals surface area contributed by atoms with Crippen molar-refractivity contribution >= 4 is 21.8 Å². The molecule has 0 spiro atoms. The van der Waals surface area contributed by atoms with Crippen molar-refractivity contribution in [1.82, 2.24) is 5.32 Å². The minimum Gasteiger partial charge on any atom is -0.355 e. The molecule has 0 radical (unpaired) electrons. The Morgan fingerprint density at radius 2 is 1.85 bits per heavy atom. The lowest BCUT2D eigenvalue weighted by atomic mass is 9.78. The number of carbonyl (C=O) groups excluding carboxylic acids is 1. The highest BCUT2D eigenvalue weighted by Gasteiger charge is 2.48.